The number of nitrogens with two attached hydrogens (primary N) is 1. The summed E-state index contributed by atoms with van der Waals surface area (Å²) in [7, 11) is 0. The number of nitrogens with one attached hydrogen (secondary N) is 2. The summed E-state index contributed by atoms with van der Waals surface area (Å²) in [4.78, 5) is 0. The van der Waals surface area contributed by atoms with Crippen LogP contribution in [-0.2, 0) is 0 Å². The van der Waals surface area contributed by atoms with Gasteiger partial charge in [-0.3, -0.25) is 0 Å². The maximum atomic E-state index is 5.31. The van der Waals surface area contributed by atoms with E-state index in [0.29, 0.717) is 0 Å². The van der Waals surface area contributed by atoms with Crippen molar-refractivity contribution in [1.82, 2.24) is 10.6 Å². The third-order valence-electron chi connectivity index (χ3n) is 1.33. The second-order valence-electron chi connectivity index (χ2n) is 2.39. The van der Waals surface area contributed by atoms with Crippen LogP contribution >= 0.6 is 0 Å². The first-order valence-corrected chi connectivity index (χ1v) is 6.19. The molecule has 0 rings (SSSR count). The van der Waals surface area contributed by atoms with Crippen molar-refractivity contribution >= 4 is 22.5 Å². The molecule has 3 radical (unpaired) electrons. The van der Waals surface area contributed by atoms with Gasteiger partial charge in [0.25, 0.3) is 0 Å². The van der Waals surface area contributed by atoms with E-state index >= 15 is 0 Å². The number of hydrogen-bond donors (Lipinski definition) is 3. The first-order chi connectivity index (χ1) is 5.41. The van der Waals surface area contributed by atoms with Crippen LogP contribution in [0.25, 0.3) is 0 Å². The number of hydrogen-bond acceptors (Lipinski definition) is 3. The Bertz CT molecular complexity index is 62.7. The molecule has 0 aliphatic rings. The van der Waals surface area contributed by atoms with Gasteiger partial charge >= 0.3 is 82.5 Å². The van der Waals surface area contributed by atoms with Crippen molar-refractivity contribution in [3.8, 4) is 0 Å². The van der Waals surface area contributed by atoms with Gasteiger partial charge < -0.3 is 0 Å². The Hall–Kier alpha value is 0.679. The van der Waals surface area contributed by atoms with E-state index in [4.69, 9.17) is 5.73 Å². The average Bonchev–Trinajstić information content (AvgIpc) is 2.03. The molecule has 0 amide bonds. The van der Waals surface area contributed by atoms with Gasteiger partial charge in [0.1, 0.15) is 0 Å². The second kappa shape index (κ2) is 10.7. The van der Waals surface area contributed by atoms with Gasteiger partial charge in [0.15, 0.2) is 0 Å². The zero-order chi connectivity index (χ0) is 8.36. The third kappa shape index (κ3) is 10.7. The van der Waals surface area contributed by atoms with Crippen molar-refractivity contribution in [2.45, 2.75) is 10.9 Å². The molecule has 65 valence electrons. The fraction of sp³-hybridized carbons (Fsp3) is 1.00. The van der Waals surface area contributed by atoms with E-state index in [0.717, 1.165) is 32.7 Å². The van der Waals surface area contributed by atoms with Gasteiger partial charge in [-0.15, -0.1) is 0 Å². The zero-order valence-electron chi connectivity index (χ0n) is 7.03. The Kier molecular flexibility index (Phi) is 11.3. The predicted octanol–water partition coefficient (Wildman–Crippen LogP) is -0.899. The average molecular weight is 263 g/mol. The van der Waals surface area contributed by atoms with Gasteiger partial charge in [0, 0.05) is 0 Å². The monoisotopic (exact) mass is 264 g/mol. The van der Waals surface area contributed by atoms with Crippen LogP contribution in [0.5, 0.6) is 0 Å². The van der Waals surface area contributed by atoms with Gasteiger partial charge in [0.2, 0.25) is 0 Å². The molecule has 0 atom stereocenters. The minimum absolute atomic E-state index is 0.735. The summed E-state index contributed by atoms with van der Waals surface area (Å²) in [6, 6.07) is 0. The molecule has 0 spiro atoms. The summed E-state index contributed by atoms with van der Waals surface area (Å²) in [6.07, 6.45) is 1.31. The standard InChI is InChI=1S/C7H18N3.Sn/c1-2-4-9-6-7-10-5-3-8;/h9-10H,1-8H2;. The summed E-state index contributed by atoms with van der Waals surface area (Å²) in [5, 5.41) is 6.59. The van der Waals surface area contributed by atoms with Crippen molar-refractivity contribution < 1.29 is 0 Å². The van der Waals surface area contributed by atoms with Crippen LogP contribution in [0.3, 0.4) is 0 Å². The molecule has 0 aromatic rings. The zero-order valence-corrected chi connectivity index (χ0v) is 9.88. The van der Waals surface area contributed by atoms with E-state index in [1.807, 2.05) is 0 Å². The summed E-state index contributed by atoms with van der Waals surface area (Å²) in [5.74, 6) is 0. The Labute approximate surface area is 82.6 Å². The SMILES string of the molecule is NCCNCCNCC[CH2][Sn]. The Morgan fingerprint density at radius 2 is 1.64 bits per heavy atom. The minimum atomic E-state index is 0.735. The van der Waals surface area contributed by atoms with Gasteiger partial charge in [-0.25, -0.2) is 0 Å². The van der Waals surface area contributed by atoms with Gasteiger partial charge in [-0.1, -0.05) is 0 Å². The van der Waals surface area contributed by atoms with Crippen molar-refractivity contribution in [1.29, 1.82) is 0 Å². The third-order valence-corrected chi connectivity index (χ3v) is 2.34. The molecule has 0 unspecified atom stereocenters. The van der Waals surface area contributed by atoms with E-state index in [2.05, 4.69) is 10.6 Å². The fourth-order valence-electron chi connectivity index (χ4n) is 0.742. The van der Waals surface area contributed by atoms with Crippen LogP contribution in [0.4, 0.5) is 0 Å². The van der Waals surface area contributed by atoms with Crippen molar-refractivity contribution in [3.63, 3.8) is 0 Å². The van der Waals surface area contributed by atoms with Crippen LogP contribution in [0.15, 0.2) is 0 Å². The molecule has 0 fully saturated rings. The van der Waals surface area contributed by atoms with Crippen LogP contribution in [0, 0.1) is 0 Å². The molecule has 0 aromatic carbocycles. The molecule has 0 aliphatic carbocycles. The quantitative estimate of drug-likeness (QED) is 0.393. The molecular formula is C7H18N3Sn. The first-order valence-electron chi connectivity index (χ1n) is 4.18. The summed E-state index contributed by atoms with van der Waals surface area (Å²) in [5.41, 5.74) is 5.31. The summed E-state index contributed by atoms with van der Waals surface area (Å²) in [6.45, 7) is 4.93. The molecule has 0 bridgehead atoms. The molecule has 4 heteroatoms. The molecule has 11 heavy (non-hydrogen) atoms. The summed E-state index contributed by atoms with van der Waals surface area (Å²) < 4.78 is 1.36. The Morgan fingerprint density at radius 3 is 2.18 bits per heavy atom. The molecule has 4 N–H and O–H groups in total. The molecule has 0 heterocycles. The van der Waals surface area contributed by atoms with E-state index in [9.17, 15) is 0 Å². The van der Waals surface area contributed by atoms with Crippen LogP contribution in [0.1, 0.15) is 6.42 Å². The topological polar surface area (TPSA) is 50.1 Å². The molecule has 0 saturated heterocycles. The summed E-state index contributed by atoms with van der Waals surface area (Å²) >= 11 is 1.64. The van der Waals surface area contributed by atoms with Crippen molar-refractivity contribution in [3.05, 3.63) is 0 Å². The van der Waals surface area contributed by atoms with Gasteiger partial charge in [-0.2, -0.15) is 0 Å². The molecule has 0 aromatic heterocycles. The van der Waals surface area contributed by atoms with Crippen LogP contribution in [-0.4, -0.2) is 55.2 Å². The van der Waals surface area contributed by atoms with Crippen molar-refractivity contribution in [2.24, 2.45) is 5.73 Å². The van der Waals surface area contributed by atoms with E-state index in [-0.39, 0.29) is 0 Å². The molecular weight excluding hydrogens is 245 g/mol. The van der Waals surface area contributed by atoms with Crippen LogP contribution < -0.4 is 16.4 Å². The first kappa shape index (κ1) is 11.7. The molecule has 0 aliphatic heterocycles. The maximum absolute atomic E-state index is 5.31. The van der Waals surface area contributed by atoms with E-state index < -0.39 is 0 Å². The van der Waals surface area contributed by atoms with E-state index in [1.54, 1.807) is 22.5 Å². The molecule has 3 nitrogen and oxygen atoms in total. The van der Waals surface area contributed by atoms with Gasteiger partial charge in [0.05, 0.1) is 0 Å². The Morgan fingerprint density at radius 1 is 1.00 bits per heavy atom. The fourth-order valence-corrected chi connectivity index (χ4v) is 1.25. The number of rotatable bonds is 8. The predicted molar refractivity (Wildman–Crippen MR) is 50.0 cm³/mol. The second-order valence-corrected chi connectivity index (χ2v) is 3.82. The molecule has 0 saturated carbocycles. The van der Waals surface area contributed by atoms with Crippen LogP contribution in [0.2, 0.25) is 4.44 Å². The van der Waals surface area contributed by atoms with E-state index in [1.165, 1.54) is 10.9 Å². The Balaban J connectivity index is 2.69. The van der Waals surface area contributed by atoms with Crippen molar-refractivity contribution in [2.75, 3.05) is 32.7 Å². The van der Waals surface area contributed by atoms with Gasteiger partial charge in [-0.05, 0) is 0 Å². The normalized spacial score (nSPS) is 10.4.